The second-order valence-corrected chi connectivity index (χ2v) is 5.54. The Balaban J connectivity index is 2.49. The summed E-state index contributed by atoms with van der Waals surface area (Å²) in [6.45, 7) is 3.92. The number of halogens is 2. The second-order valence-electron chi connectivity index (χ2n) is 4.22. The molecule has 1 aromatic carbocycles. The maximum absolute atomic E-state index is 12.4. The number of ketones is 1. The van der Waals surface area contributed by atoms with E-state index in [0.29, 0.717) is 16.3 Å². The highest BCUT2D eigenvalue weighted by molar-refractivity contribution is 9.10. The predicted octanol–water partition coefficient (Wildman–Crippen LogP) is 4.11. The zero-order chi connectivity index (χ0) is 13.3. The predicted molar refractivity (Wildman–Crippen MR) is 75.2 cm³/mol. The third kappa shape index (κ3) is 2.49. The van der Waals surface area contributed by atoms with Gasteiger partial charge >= 0.3 is 0 Å². The molecule has 0 spiro atoms. The molecule has 1 heterocycles. The molecule has 0 amide bonds. The topological polar surface area (TPSA) is 34.9 Å². The number of carbonyl (C=O) groups is 1. The quantitative estimate of drug-likeness (QED) is 0.795. The maximum atomic E-state index is 12.4. The third-order valence-electron chi connectivity index (χ3n) is 2.54. The van der Waals surface area contributed by atoms with E-state index in [1.807, 2.05) is 26.0 Å². The SMILES string of the molecule is CC(C)n1ncc(Cl)c1C(=O)c1cccc(Br)c1. The largest absolute Gasteiger partial charge is 0.287 e. The minimum atomic E-state index is -0.118. The Labute approximate surface area is 119 Å². The minimum Gasteiger partial charge on any atom is -0.287 e. The van der Waals surface area contributed by atoms with Crippen LogP contribution in [0.3, 0.4) is 0 Å². The van der Waals surface area contributed by atoms with Crippen molar-refractivity contribution in [2.45, 2.75) is 19.9 Å². The van der Waals surface area contributed by atoms with E-state index in [2.05, 4.69) is 21.0 Å². The Kier molecular flexibility index (Phi) is 3.88. The van der Waals surface area contributed by atoms with Crippen molar-refractivity contribution in [3.8, 4) is 0 Å². The minimum absolute atomic E-state index is 0.0867. The Morgan fingerprint density at radius 3 is 2.78 bits per heavy atom. The van der Waals surface area contributed by atoms with Crippen molar-refractivity contribution in [1.29, 1.82) is 0 Å². The molecule has 0 aliphatic carbocycles. The summed E-state index contributed by atoms with van der Waals surface area (Å²) < 4.78 is 2.51. The van der Waals surface area contributed by atoms with Crippen molar-refractivity contribution in [3.05, 3.63) is 51.2 Å². The molecule has 0 atom stereocenters. The number of hydrogen-bond donors (Lipinski definition) is 0. The molecule has 0 aliphatic rings. The highest BCUT2D eigenvalue weighted by Crippen LogP contribution is 2.23. The van der Waals surface area contributed by atoms with Crippen LogP contribution in [0.4, 0.5) is 0 Å². The molecule has 2 rings (SSSR count). The van der Waals surface area contributed by atoms with Gasteiger partial charge in [-0.15, -0.1) is 0 Å². The van der Waals surface area contributed by atoms with Gasteiger partial charge in [-0.05, 0) is 26.0 Å². The fourth-order valence-corrected chi connectivity index (χ4v) is 2.33. The lowest BCUT2D eigenvalue weighted by atomic mass is 10.1. The van der Waals surface area contributed by atoms with Crippen molar-refractivity contribution < 1.29 is 4.79 Å². The molecule has 0 aliphatic heterocycles. The van der Waals surface area contributed by atoms with Gasteiger partial charge in [0.05, 0.1) is 11.2 Å². The molecule has 1 aromatic heterocycles. The molecule has 2 aromatic rings. The van der Waals surface area contributed by atoms with E-state index < -0.39 is 0 Å². The Bertz CT molecular complexity index is 592. The molecule has 0 N–H and O–H groups in total. The van der Waals surface area contributed by atoms with Crippen LogP contribution in [-0.2, 0) is 0 Å². The molecule has 0 saturated heterocycles. The first-order valence-corrected chi connectivity index (χ1v) is 6.71. The van der Waals surface area contributed by atoms with Crippen molar-refractivity contribution >= 4 is 33.3 Å². The van der Waals surface area contributed by atoms with Gasteiger partial charge in [0.15, 0.2) is 0 Å². The monoisotopic (exact) mass is 326 g/mol. The van der Waals surface area contributed by atoms with E-state index in [1.165, 1.54) is 6.20 Å². The number of benzene rings is 1. The van der Waals surface area contributed by atoms with Gasteiger partial charge in [0.25, 0.3) is 0 Å². The highest BCUT2D eigenvalue weighted by Gasteiger charge is 2.20. The zero-order valence-electron chi connectivity index (χ0n) is 10.0. The van der Waals surface area contributed by atoms with Crippen molar-refractivity contribution in [1.82, 2.24) is 9.78 Å². The molecule has 0 unspecified atom stereocenters. The van der Waals surface area contributed by atoms with Crippen molar-refractivity contribution in [2.75, 3.05) is 0 Å². The smallest absolute Gasteiger partial charge is 0.212 e. The first-order chi connectivity index (χ1) is 8.50. The van der Waals surface area contributed by atoms with Gasteiger partial charge in [-0.1, -0.05) is 39.7 Å². The summed E-state index contributed by atoms with van der Waals surface area (Å²) in [4.78, 5) is 12.4. The van der Waals surface area contributed by atoms with Crippen LogP contribution in [0.15, 0.2) is 34.9 Å². The lowest BCUT2D eigenvalue weighted by Gasteiger charge is -2.10. The number of nitrogens with zero attached hydrogens (tertiary/aromatic N) is 2. The third-order valence-corrected chi connectivity index (χ3v) is 3.31. The second kappa shape index (κ2) is 5.24. The fourth-order valence-electron chi connectivity index (χ4n) is 1.71. The average molecular weight is 328 g/mol. The van der Waals surface area contributed by atoms with Crippen LogP contribution in [0.2, 0.25) is 5.02 Å². The summed E-state index contributed by atoms with van der Waals surface area (Å²) >= 11 is 9.41. The van der Waals surface area contributed by atoms with Gasteiger partial charge in [0, 0.05) is 16.1 Å². The van der Waals surface area contributed by atoms with E-state index in [1.54, 1.807) is 16.8 Å². The molecule has 94 valence electrons. The molecule has 0 fully saturated rings. The van der Waals surface area contributed by atoms with Crippen molar-refractivity contribution in [2.24, 2.45) is 0 Å². The normalized spacial score (nSPS) is 10.9. The Morgan fingerprint density at radius 1 is 1.44 bits per heavy atom. The Hall–Kier alpha value is -1.13. The van der Waals surface area contributed by atoms with E-state index in [4.69, 9.17) is 11.6 Å². The van der Waals surface area contributed by atoms with E-state index in [-0.39, 0.29) is 11.8 Å². The van der Waals surface area contributed by atoms with Crippen LogP contribution >= 0.6 is 27.5 Å². The lowest BCUT2D eigenvalue weighted by molar-refractivity contribution is 0.102. The summed E-state index contributed by atoms with van der Waals surface area (Å²) in [7, 11) is 0. The van der Waals surface area contributed by atoms with Crippen molar-refractivity contribution in [3.63, 3.8) is 0 Å². The summed E-state index contributed by atoms with van der Waals surface area (Å²) in [6, 6.07) is 7.32. The van der Waals surface area contributed by atoms with Gasteiger partial charge < -0.3 is 0 Å². The van der Waals surface area contributed by atoms with Crippen LogP contribution in [0.1, 0.15) is 35.9 Å². The first kappa shape index (κ1) is 13.3. The van der Waals surface area contributed by atoms with Crippen LogP contribution < -0.4 is 0 Å². The van der Waals surface area contributed by atoms with Crippen LogP contribution in [0.5, 0.6) is 0 Å². The van der Waals surface area contributed by atoms with Gasteiger partial charge in [-0.3, -0.25) is 9.48 Å². The summed E-state index contributed by atoms with van der Waals surface area (Å²) in [5.74, 6) is -0.118. The lowest BCUT2D eigenvalue weighted by Crippen LogP contribution is -2.13. The van der Waals surface area contributed by atoms with E-state index in [0.717, 1.165) is 4.47 Å². The van der Waals surface area contributed by atoms with Crippen LogP contribution in [0.25, 0.3) is 0 Å². The van der Waals surface area contributed by atoms with Gasteiger partial charge in [-0.2, -0.15) is 5.10 Å². The molecular formula is C13H12BrClN2O. The van der Waals surface area contributed by atoms with E-state index >= 15 is 0 Å². The molecule has 0 bridgehead atoms. The van der Waals surface area contributed by atoms with Crippen LogP contribution in [0, 0.1) is 0 Å². The molecule has 0 saturated carbocycles. The van der Waals surface area contributed by atoms with E-state index in [9.17, 15) is 4.79 Å². The summed E-state index contributed by atoms with van der Waals surface area (Å²) in [6.07, 6.45) is 1.51. The average Bonchev–Trinajstić information content (AvgIpc) is 2.70. The summed E-state index contributed by atoms with van der Waals surface area (Å²) in [5.41, 5.74) is 1.03. The molecular weight excluding hydrogens is 316 g/mol. The van der Waals surface area contributed by atoms with Gasteiger partial charge in [0.1, 0.15) is 5.69 Å². The Morgan fingerprint density at radius 2 is 2.17 bits per heavy atom. The zero-order valence-corrected chi connectivity index (χ0v) is 12.4. The molecule has 0 radical (unpaired) electrons. The van der Waals surface area contributed by atoms with Gasteiger partial charge in [0.2, 0.25) is 5.78 Å². The number of carbonyl (C=O) groups excluding carboxylic acids is 1. The molecule has 3 nitrogen and oxygen atoms in total. The van der Waals surface area contributed by atoms with Gasteiger partial charge in [-0.25, -0.2) is 0 Å². The highest BCUT2D eigenvalue weighted by atomic mass is 79.9. The molecule has 5 heteroatoms. The summed E-state index contributed by atoms with van der Waals surface area (Å²) in [5, 5.41) is 4.52. The maximum Gasteiger partial charge on any atom is 0.212 e. The number of rotatable bonds is 3. The fraction of sp³-hybridized carbons (Fsp3) is 0.231. The molecule has 18 heavy (non-hydrogen) atoms. The number of hydrogen-bond acceptors (Lipinski definition) is 2. The van der Waals surface area contributed by atoms with Crippen LogP contribution in [-0.4, -0.2) is 15.6 Å². The first-order valence-electron chi connectivity index (χ1n) is 5.54. The number of aromatic nitrogens is 2. The standard InChI is InChI=1S/C13H12BrClN2O/c1-8(2)17-12(11(15)7-16-17)13(18)9-4-3-5-10(14)6-9/h3-8H,1-2H3.